The molecular formula is C24H26F2N6O4. The lowest BCUT2D eigenvalue weighted by atomic mass is 9.86. The molecule has 3 aromatic heterocycles. The number of alkyl halides is 2. The van der Waals surface area contributed by atoms with Gasteiger partial charge >= 0.3 is 5.97 Å². The summed E-state index contributed by atoms with van der Waals surface area (Å²) in [6.07, 6.45) is 5.57. The summed E-state index contributed by atoms with van der Waals surface area (Å²) in [5.74, 6) is -0.430. The predicted octanol–water partition coefficient (Wildman–Crippen LogP) is 4.76. The van der Waals surface area contributed by atoms with Crippen LogP contribution in [0.5, 0.6) is 0 Å². The third-order valence-electron chi connectivity index (χ3n) is 6.65. The van der Waals surface area contributed by atoms with Crippen LogP contribution in [0.3, 0.4) is 0 Å². The van der Waals surface area contributed by atoms with E-state index in [4.69, 9.17) is 9.52 Å². The minimum Gasteiger partial charge on any atom is -0.481 e. The molecule has 1 amide bonds. The van der Waals surface area contributed by atoms with Crippen LogP contribution < -0.4 is 10.6 Å². The van der Waals surface area contributed by atoms with Crippen molar-refractivity contribution in [3.63, 3.8) is 0 Å². The van der Waals surface area contributed by atoms with Crippen LogP contribution in [0.25, 0.3) is 11.5 Å². The fourth-order valence-corrected chi connectivity index (χ4v) is 4.37. The Labute approximate surface area is 205 Å². The SMILES string of the molecule is O=C(Nc1cn(C2CCC(C(=O)O)CC2)nc1C(F)F)c1coc(-c2ccnc(NCC3CC3)c2)n1. The van der Waals surface area contributed by atoms with E-state index in [0.29, 0.717) is 43.0 Å². The van der Waals surface area contributed by atoms with Crippen LogP contribution in [0, 0.1) is 11.8 Å². The number of nitrogens with zero attached hydrogens (tertiary/aromatic N) is 4. The number of carboxylic acid groups (broad SMARTS) is 1. The number of anilines is 2. The predicted molar refractivity (Wildman–Crippen MR) is 125 cm³/mol. The molecule has 0 radical (unpaired) electrons. The van der Waals surface area contributed by atoms with Gasteiger partial charge in [-0.1, -0.05) is 0 Å². The van der Waals surface area contributed by atoms with Crippen LogP contribution in [0.15, 0.2) is 35.2 Å². The van der Waals surface area contributed by atoms with Crippen LogP contribution in [-0.2, 0) is 4.79 Å². The van der Waals surface area contributed by atoms with Crippen molar-refractivity contribution in [1.82, 2.24) is 19.7 Å². The first-order chi connectivity index (χ1) is 17.4. The molecule has 5 rings (SSSR count). The van der Waals surface area contributed by atoms with Gasteiger partial charge in [0.25, 0.3) is 12.3 Å². The van der Waals surface area contributed by atoms with Crippen molar-refractivity contribution in [2.24, 2.45) is 11.8 Å². The molecule has 0 unspecified atom stereocenters. The van der Waals surface area contributed by atoms with E-state index in [1.165, 1.54) is 30.0 Å². The maximum Gasteiger partial charge on any atom is 0.306 e. The highest BCUT2D eigenvalue weighted by atomic mass is 19.3. The van der Waals surface area contributed by atoms with E-state index in [-0.39, 0.29) is 23.3 Å². The van der Waals surface area contributed by atoms with E-state index >= 15 is 0 Å². The van der Waals surface area contributed by atoms with Gasteiger partial charge in [0, 0.05) is 24.5 Å². The zero-order chi connectivity index (χ0) is 25.2. The first-order valence-corrected chi connectivity index (χ1v) is 11.9. The molecule has 2 saturated carbocycles. The molecular weight excluding hydrogens is 474 g/mol. The van der Waals surface area contributed by atoms with E-state index in [0.717, 1.165) is 6.54 Å². The van der Waals surface area contributed by atoms with E-state index in [9.17, 15) is 18.4 Å². The molecule has 2 aliphatic rings. The molecule has 3 heterocycles. The van der Waals surface area contributed by atoms with Crippen molar-refractivity contribution in [2.45, 2.75) is 51.0 Å². The molecule has 0 aliphatic heterocycles. The summed E-state index contributed by atoms with van der Waals surface area (Å²) in [6.45, 7) is 0.844. The number of carbonyl (C=O) groups is 2. The average Bonchev–Trinajstić information content (AvgIpc) is 3.39. The molecule has 3 N–H and O–H groups in total. The monoisotopic (exact) mass is 500 g/mol. The summed E-state index contributed by atoms with van der Waals surface area (Å²) in [6, 6.07) is 3.26. The molecule has 2 fully saturated rings. The fourth-order valence-electron chi connectivity index (χ4n) is 4.37. The van der Waals surface area contributed by atoms with Gasteiger partial charge in [0.05, 0.1) is 17.6 Å². The molecule has 0 saturated heterocycles. The van der Waals surface area contributed by atoms with Crippen molar-refractivity contribution in [1.29, 1.82) is 0 Å². The molecule has 36 heavy (non-hydrogen) atoms. The van der Waals surface area contributed by atoms with E-state index in [1.54, 1.807) is 18.3 Å². The molecule has 10 nitrogen and oxygen atoms in total. The van der Waals surface area contributed by atoms with Gasteiger partial charge in [0.1, 0.15) is 12.1 Å². The number of carboxylic acids is 1. The Morgan fingerprint density at radius 3 is 2.67 bits per heavy atom. The van der Waals surface area contributed by atoms with Gasteiger partial charge < -0.3 is 20.2 Å². The molecule has 190 valence electrons. The highest BCUT2D eigenvalue weighted by Gasteiger charge is 2.29. The third kappa shape index (κ3) is 5.37. The molecule has 2 aliphatic carbocycles. The van der Waals surface area contributed by atoms with E-state index in [2.05, 4.69) is 25.7 Å². The molecule has 0 bridgehead atoms. The third-order valence-corrected chi connectivity index (χ3v) is 6.65. The molecule has 3 aromatic rings. The number of nitrogens with one attached hydrogen (secondary N) is 2. The van der Waals surface area contributed by atoms with Gasteiger partial charge in [0.15, 0.2) is 11.4 Å². The van der Waals surface area contributed by atoms with Gasteiger partial charge in [-0.2, -0.15) is 5.10 Å². The van der Waals surface area contributed by atoms with Crippen molar-refractivity contribution in [2.75, 3.05) is 17.2 Å². The van der Waals surface area contributed by atoms with Crippen LogP contribution >= 0.6 is 0 Å². The molecule has 12 heteroatoms. The fraction of sp³-hybridized carbons (Fsp3) is 0.458. The number of hydrogen-bond acceptors (Lipinski definition) is 7. The lowest BCUT2D eigenvalue weighted by Gasteiger charge is -2.26. The lowest BCUT2D eigenvalue weighted by Crippen LogP contribution is -2.23. The van der Waals surface area contributed by atoms with Crippen LogP contribution in [0.2, 0.25) is 0 Å². The minimum absolute atomic E-state index is 0.0655. The van der Waals surface area contributed by atoms with Crippen LogP contribution in [0.4, 0.5) is 20.3 Å². The number of halogens is 2. The van der Waals surface area contributed by atoms with Gasteiger partial charge in [-0.3, -0.25) is 14.3 Å². The van der Waals surface area contributed by atoms with Gasteiger partial charge in [0.2, 0.25) is 5.89 Å². The molecule has 0 atom stereocenters. The number of amides is 1. The van der Waals surface area contributed by atoms with E-state index < -0.39 is 29.9 Å². The Morgan fingerprint density at radius 2 is 1.97 bits per heavy atom. The summed E-state index contributed by atoms with van der Waals surface area (Å²) in [7, 11) is 0. The normalized spacial score (nSPS) is 19.9. The minimum atomic E-state index is -2.90. The first kappa shape index (κ1) is 23.9. The highest BCUT2D eigenvalue weighted by Crippen LogP contribution is 2.35. The Balaban J connectivity index is 1.27. The van der Waals surface area contributed by atoms with Crippen molar-refractivity contribution < 1.29 is 27.9 Å². The Morgan fingerprint density at radius 1 is 1.19 bits per heavy atom. The number of oxazole rings is 1. The number of aliphatic carboxylic acids is 1. The standard InChI is InChI=1S/C24H26F2N6O4/c25-21(26)20-17(11-32(31-20)16-5-3-14(4-6-16)24(34)35)29-22(33)18-12-36-23(30-18)15-7-8-27-19(9-15)28-10-13-1-2-13/h7-9,11-14,16,21H,1-6,10H2,(H,27,28)(H,29,33)(H,34,35). The first-order valence-electron chi connectivity index (χ1n) is 11.9. The van der Waals surface area contributed by atoms with Crippen molar-refractivity contribution >= 4 is 23.4 Å². The number of pyridine rings is 1. The lowest BCUT2D eigenvalue weighted by molar-refractivity contribution is -0.143. The second-order valence-electron chi connectivity index (χ2n) is 9.30. The van der Waals surface area contributed by atoms with Crippen LogP contribution in [-0.4, -0.2) is 43.3 Å². The topological polar surface area (TPSA) is 135 Å². The van der Waals surface area contributed by atoms with Crippen molar-refractivity contribution in [3.05, 3.63) is 42.2 Å². The van der Waals surface area contributed by atoms with Gasteiger partial charge in [-0.25, -0.2) is 18.7 Å². The summed E-state index contributed by atoms with van der Waals surface area (Å²) >= 11 is 0. The highest BCUT2D eigenvalue weighted by molar-refractivity contribution is 6.03. The Hall–Kier alpha value is -3.83. The second-order valence-corrected chi connectivity index (χ2v) is 9.30. The van der Waals surface area contributed by atoms with Crippen LogP contribution in [0.1, 0.15) is 67.2 Å². The van der Waals surface area contributed by atoms with Crippen molar-refractivity contribution in [3.8, 4) is 11.5 Å². The smallest absolute Gasteiger partial charge is 0.306 e. The maximum atomic E-state index is 13.7. The maximum absolute atomic E-state index is 13.7. The summed E-state index contributed by atoms with van der Waals surface area (Å²) in [5.41, 5.74) is -0.104. The Bertz CT molecular complexity index is 1250. The van der Waals surface area contributed by atoms with Gasteiger partial charge in [-0.05, 0) is 56.6 Å². The largest absolute Gasteiger partial charge is 0.481 e. The number of rotatable bonds is 9. The molecule has 0 aromatic carbocycles. The zero-order valence-electron chi connectivity index (χ0n) is 19.4. The zero-order valence-corrected chi connectivity index (χ0v) is 19.4. The quantitative estimate of drug-likeness (QED) is 0.383. The van der Waals surface area contributed by atoms with E-state index in [1.807, 2.05) is 0 Å². The average molecular weight is 501 g/mol. The summed E-state index contributed by atoms with van der Waals surface area (Å²) in [5, 5.41) is 18.9. The number of hydrogen-bond donors (Lipinski definition) is 3. The number of aromatic nitrogens is 4. The Kier molecular flexibility index (Phi) is 6.66. The summed E-state index contributed by atoms with van der Waals surface area (Å²) < 4.78 is 34.2. The molecule has 0 spiro atoms. The second kappa shape index (κ2) is 10.0. The van der Waals surface area contributed by atoms with Gasteiger partial charge in [-0.15, -0.1) is 0 Å². The summed E-state index contributed by atoms with van der Waals surface area (Å²) in [4.78, 5) is 32.4. The number of carbonyl (C=O) groups excluding carboxylic acids is 1.